The van der Waals surface area contributed by atoms with Gasteiger partial charge >= 0.3 is 0 Å². The third-order valence-electron chi connectivity index (χ3n) is 3.76. The molecule has 24 heavy (non-hydrogen) atoms. The Hall–Kier alpha value is -2.96. The zero-order chi connectivity index (χ0) is 16.9. The van der Waals surface area contributed by atoms with Crippen LogP contribution in [0.1, 0.15) is 13.3 Å². The van der Waals surface area contributed by atoms with Gasteiger partial charge in [-0.2, -0.15) is 0 Å². The van der Waals surface area contributed by atoms with Gasteiger partial charge in [-0.15, -0.1) is 0 Å². The number of benzene rings is 1. The number of rotatable bonds is 5. The molecule has 2 heterocycles. The molecule has 1 aliphatic heterocycles. The van der Waals surface area contributed by atoms with E-state index in [1.807, 2.05) is 31.2 Å². The minimum Gasteiger partial charge on any atom is -0.494 e. The van der Waals surface area contributed by atoms with Gasteiger partial charge in [-0.1, -0.05) is 0 Å². The van der Waals surface area contributed by atoms with Crippen molar-refractivity contribution in [3.8, 4) is 5.75 Å². The van der Waals surface area contributed by atoms with Gasteiger partial charge < -0.3 is 9.64 Å². The third kappa shape index (κ3) is 3.51. The number of ether oxygens (including phenoxy) is 1. The molecule has 0 saturated carbocycles. The van der Waals surface area contributed by atoms with E-state index in [1.165, 1.54) is 0 Å². The van der Waals surface area contributed by atoms with E-state index in [1.54, 1.807) is 23.4 Å². The number of carbonyl (C=O) groups excluding carboxylic acids is 2. The third-order valence-corrected chi connectivity index (χ3v) is 3.76. The van der Waals surface area contributed by atoms with Gasteiger partial charge in [0.1, 0.15) is 5.75 Å². The first kappa shape index (κ1) is 15.9. The molecule has 1 atom stereocenters. The molecule has 1 fully saturated rings. The van der Waals surface area contributed by atoms with Crippen molar-refractivity contribution in [3.05, 3.63) is 42.7 Å². The molecular formula is C17H18N4O3. The number of amides is 2. The Bertz CT molecular complexity index is 718. The Balaban J connectivity index is 1.65. The highest BCUT2D eigenvalue weighted by molar-refractivity contribution is 6.03. The number of hydrogen-bond acceptors (Lipinski definition) is 5. The Morgan fingerprint density at radius 2 is 2.00 bits per heavy atom. The summed E-state index contributed by atoms with van der Waals surface area (Å²) in [5, 5.41) is 2.64. The molecule has 7 nitrogen and oxygen atoms in total. The quantitative estimate of drug-likeness (QED) is 0.906. The summed E-state index contributed by atoms with van der Waals surface area (Å²) >= 11 is 0. The smallest absolute Gasteiger partial charge is 0.232 e. The molecule has 7 heteroatoms. The van der Waals surface area contributed by atoms with Crippen molar-refractivity contribution < 1.29 is 14.3 Å². The van der Waals surface area contributed by atoms with Crippen molar-refractivity contribution in [2.75, 3.05) is 23.4 Å². The molecule has 1 aliphatic rings. The maximum absolute atomic E-state index is 12.3. The monoisotopic (exact) mass is 326 g/mol. The second kappa shape index (κ2) is 7.08. The minimum atomic E-state index is -0.423. The highest BCUT2D eigenvalue weighted by Gasteiger charge is 2.35. The molecule has 1 aromatic carbocycles. The Morgan fingerprint density at radius 1 is 1.29 bits per heavy atom. The van der Waals surface area contributed by atoms with Gasteiger partial charge in [0, 0.05) is 31.0 Å². The molecule has 3 rings (SSSR count). The lowest BCUT2D eigenvalue weighted by atomic mass is 10.1. The van der Waals surface area contributed by atoms with Gasteiger partial charge in [0.15, 0.2) is 0 Å². The first-order chi connectivity index (χ1) is 11.7. The number of aromatic nitrogens is 2. The van der Waals surface area contributed by atoms with E-state index < -0.39 is 5.92 Å². The van der Waals surface area contributed by atoms with Crippen LogP contribution in [0.5, 0.6) is 5.75 Å². The van der Waals surface area contributed by atoms with Crippen molar-refractivity contribution in [1.29, 1.82) is 0 Å². The van der Waals surface area contributed by atoms with Crippen LogP contribution in [-0.4, -0.2) is 34.9 Å². The maximum Gasteiger partial charge on any atom is 0.232 e. The van der Waals surface area contributed by atoms with Crippen LogP contribution in [0.15, 0.2) is 42.7 Å². The number of nitrogens with zero attached hydrogens (tertiary/aromatic N) is 3. The fourth-order valence-corrected chi connectivity index (χ4v) is 2.60. The summed E-state index contributed by atoms with van der Waals surface area (Å²) in [4.78, 5) is 34.1. The number of hydrogen-bond donors (Lipinski definition) is 1. The molecule has 0 spiro atoms. The zero-order valence-corrected chi connectivity index (χ0v) is 13.3. The Labute approximate surface area is 139 Å². The molecule has 124 valence electrons. The molecule has 1 N–H and O–H groups in total. The molecule has 1 aromatic heterocycles. The van der Waals surface area contributed by atoms with Crippen LogP contribution in [0.3, 0.4) is 0 Å². The van der Waals surface area contributed by atoms with Gasteiger partial charge in [-0.25, -0.2) is 9.97 Å². The van der Waals surface area contributed by atoms with Crippen LogP contribution in [0.2, 0.25) is 0 Å². The average Bonchev–Trinajstić information content (AvgIpc) is 2.99. The van der Waals surface area contributed by atoms with Gasteiger partial charge in [-0.05, 0) is 37.3 Å². The van der Waals surface area contributed by atoms with Crippen molar-refractivity contribution in [1.82, 2.24) is 9.97 Å². The van der Waals surface area contributed by atoms with Gasteiger partial charge in [0.2, 0.25) is 17.8 Å². The first-order valence-electron chi connectivity index (χ1n) is 7.78. The second-order valence-electron chi connectivity index (χ2n) is 5.39. The lowest BCUT2D eigenvalue weighted by Crippen LogP contribution is -2.28. The van der Waals surface area contributed by atoms with Gasteiger partial charge in [0.05, 0.1) is 12.5 Å². The standard InChI is InChI=1S/C17H18N4O3/c1-2-24-14-6-4-13(5-7-14)21-11-12(10-15(21)22)16(23)20-17-18-8-3-9-19-17/h3-9,12H,2,10-11H2,1H3,(H,18,19,20,23)/t12-/m0/s1. The molecular weight excluding hydrogens is 308 g/mol. The zero-order valence-electron chi connectivity index (χ0n) is 13.3. The normalized spacial score (nSPS) is 17.0. The minimum absolute atomic E-state index is 0.0757. The van der Waals surface area contributed by atoms with Crippen LogP contribution in [0.25, 0.3) is 0 Å². The maximum atomic E-state index is 12.3. The highest BCUT2D eigenvalue weighted by atomic mass is 16.5. The predicted molar refractivity (Wildman–Crippen MR) is 88.7 cm³/mol. The Morgan fingerprint density at radius 3 is 2.67 bits per heavy atom. The topological polar surface area (TPSA) is 84.4 Å². The molecule has 0 bridgehead atoms. The van der Waals surface area contributed by atoms with E-state index in [2.05, 4.69) is 15.3 Å². The van der Waals surface area contributed by atoms with Crippen LogP contribution in [0, 0.1) is 5.92 Å². The SMILES string of the molecule is CCOc1ccc(N2C[C@@H](C(=O)Nc3ncccn3)CC2=O)cc1. The van der Waals surface area contributed by atoms with Crippen LogP contribution in [0.4, 0.5) is 11.6 Å². The number of nitrogens with one attached hydrogen (secondary N) is 1. The molecule has 1 saturated heterocycles. The van der Waals surface area contributed by atoms with E-state index in [0.717, 1.165) is 11.4 Å². The first-order valence-corrected chi connectivity index (χ1v) is 7.78. The summed E-state index contributed by atoms with van der Waals surface area (Å²) in [7, 11) is 0. The second-order valence-corrected chi connectivity index (χ2v) is 5.39. The summed E-state index contributed by atoms with van der Waals surface area (Å²) in [5.41, 5.74) is 0.759. The average molecular weight is 326 g/mol. The lowest BCUT2D eigenvalue weighted by Gasteiger charge is -2.17. The van der Waals surface area contributed by atoms with E-state index >= 15 is 0 Å². The van der Waals surface area contributed by atoms with E-state index in [0.29, 0.717) is 13.2 Å². The number of carbonyl (C=O) groups is 2. The highest BCUT2D eigenvalue weighted by Crippen LogP contribution is 2.27. The van der Waals surface area contributed by atoms with Gasteiger partial charge in [0.25, 0.3) is 0 Å². The molecule has 2 amide bonds. The van der Waals surface area contributed by atoms with Crippen LogP contribution >= 0.6 is 0 Å². The number of anilines is 2. The van der Waals surface area contributed by atoms with Crippen LogP contribution < -0.4 is 15.0 Å². The van der Waals surface area contributed by atoms with Gasteiger partial charge in [-0.3, -0.25) is 14.9 Å². The fraction of sp³-hybridized carbons (Fsp3) is 0.294. The van der Waals surface area contributed by atoms with Crippen LogP contribution in [-0.2, 0) is 9.59 Å². The van der Waals surface area contributed by atoms with Crippen molar-refractivity contribution >= 4 is 23.5 Å². The van der Waals surface area contributed by atoms with E-state index in [-0.39, 0.29) is 24.2 Å². The largest absolute Gasteiger partial charge is 0.494 e. The summed E-state index contributed by atoms with van der Waals surface area (Å²) in [6.07, 6.45) is 3.27. The molecule has 2 aromatic rings. The molecule has 0 aliphatic carbocycles. The predicted octanol–water partition coefficient (Wildman–Crippen LogP) is 1.87. The summed E-state index contributed by atoms with van der Waals surface area (Å²) < 4.78 is 5.39. The molecule has 0 radical (unpaired) electrons. The molecule has 0 unspecified atom stereocenters. The Kier molecular flexibility index (Phi) is 4.69. The van der Waals surface area contributed by atoms with Crippen molar-refractivity contribution in [2.45, 2.75) is 13.3 Å². The summed E-state index contributed by atoms with van der Waals surface area (Å²) in [6, 6.07) is 8.95. The van der Waals surface area contributed by atoms with Crippen molar-refractivity contribution in [2.24, 2.45) is 5.92 Å². The van der Waals surface area contributed by atoms with Crippen molar-refractivity contribution in [3.63, 3.8) is 0 Å². The lowest BCUT2D eigenvalue weighted by molar-refractivity contribution is -0.122. The van der Waals surface area contributed by atoms with E-state index in [9.17, 15) is 9.59 Å². The summed E-state index contributed by atoms with van der Waals surface area (Å²) in [6.45, 7) is 2.84. The van der Waals surface area contributed by atoms with E-state index in [4.69, 9.17) is 4.74 Å². The summed E-state index contributed by atoms with van der Waals surface area (Å²) in [5.74, 6) is 0.252. The fourth-order valence-electron chi connectivity index (χ4n) is 2.60.